The zero-order valence-corrected chi connectivity index (χ0v) is 11.2. The Morgan fingerprint density at radius 2 is 2.06 bits per heavy atom. The van der Waals surface area contributed by atoms with Crippen LogP contribution < -0.4 is 4.90 Å². The number of alkyl halides is 1. The van der Waals surface area contributed by atoms with Gasteiger partial charge in [0.1, 0.15) is 17.3 Å². The quantitative estimate of drug-likeness (QED) is 0.446. The Hall–Kier alpha value is -0.540. The van der Waals surface area contributed by atoms with Crippen molar-refractivity contribution in [3.63, 3.8) is 0 Å². The van der Waals surface area contributed by atoms with Gasteiger partial charge in [0.05, 0.1) is 5.88 Å². The van der Waals surface area contributed by atoms with E-state index in [1.807, 2.05) is 7.05 Å². The molecule has 0 saturated carbocycles. The second-order valence-electron chi connectivity index (χ2n) is 3.73. The van der Waals surface area contributed by atoms with E-state index in [0.717, 1.165) is 24.3 Å². The average molecular weight is 262 g/mol. The first kappa shape index (κ1) is 13.5. The molecule has 0 unspecified atom stereocenters. The van der Waals surface area contributed by atoms with Gasteiger partial charge in [-0.25, -0.2) is 9.97 Å². The minimum absolute atomic E-state index is 0.340. The van der Waals surface area contributed by atoms with E-state index in [1.165, 1.54) is 19.2 Å². The molecule has 5 heteroatoms. The number of aromatic nitrogens is 2. The van der Waals surface area contributed by atoms with Gasteiger partial charge in [-0.05, 0) is 6.42 Å². The van der Waals surface area contributed by atoms with Crippen LogP contribution in [0.1, 0.15) is 31.7 Å². The highest BCUT2D eigenvalue weighted by atomic mass is 35.5. The summed E-state index contributed by atoms with van der Waals surface area (Å²) in [5.74, 6) is 1.18. The number of anilines is 1. The first-order chi connectivity index (χ1) is 7.70. The molecule has 1 aromatic heterocycles. The number of hydrogen-bond donors (Lipinski definition) is 0. The Morgan fingerprint density at radius 3 is 2.69 bits per heavy atom. The van der Waals surface area contributed by atoms with E-state index in [-0.39, 0.29) is 0 Å². The molecule has 1 aromatic rings. The molecule has 0 atom stereocenters. The lowest BCUT2D eigenvalue weighted by Crippen LogP contribution is -2.21. The first-order valence-electron chi connectivity index (χ1n) is 5.47. The van der Waals surface area contributed by atoms with Gasteiger partial charge in [-0.15, -0.1) is 11.6 Å². The summed E-state index contributed by atoms with van der Waals surface area (Å²) in [5.41, 5.74) is 0.810. The summed E-state index contributed by atoms with van der Waals surface area (Å²) in [7, 11) is 2.00. The van der Waals surface area contributed by atoms with Crippen LogP contribution in [0.2, 0.25) is 5.15 Å². The molecule has 1 rings (SSSR count). The topological polar surface area (TPSA) is 29.0 Å². The molecule has 3 nitrogen and oxygen atoms in total. The van der Waals surface area contributed by atoms with Crippen LogP contribution in [-0.4, -0.2) is 23.6 Å². The van der Waals surface area contributed by atoms with E-state index in [4.69, 9.17) is 23.2 Å². The fourth-order valence-corrected chi connectivity index (χ4v) is 2.04. The molecule has 16 heavy (non-hydrogen) atoms. The number of unbranched alkanes of at least 4 members (excludes halogenated alkanes) is 2. The van der Waals surface area contributed by atoms with Gasteiger partial charge in [-0.3, -0.25) is 0 Å². The molecular formula is C11H17Cl2N3. The first-order valence-corrected chi connectivity index (χ1v) is 6.38. The van der Waals surface area contributed by atoms with Gasteiger partial charge in [0.25, 0.3) is 0 Å². The van der Waals surface area contributed by atoms with E-state index < -0.39 is 0 Å². The minimum Gasteiger partial charge on any atom is -0.359 e. The van der Waals surface area contributed by atoms with Crippen LogP contribution in [0.25, 0.3) is 0 Å². The summed E-state index contributed by atoms with van der Waals surface area (Å²) in [5, 5.41) is 0.447. The van der Waals surface area contributed by atoms with Crippen molar-refractivity contribution >= 4 is 29.0 Å². The van der Waals surface area contributed by atoms with Crippen LogP contribution in [0.3, 0.4) is 0 Å². The van der Waals surface area contributed by atoms with Gasteiger partial charge in [0.2, 0.25) is 0 Å². The van der Waals surface area contributed by atoms with Crippen LogP contribution in [0, 0.1) is 0 Å². The Balaban J connectivity index is 2.74. The SMILES string of the molecule is CCCCCN(C)c1ncnc(Cl)c1CCl. The van der Waals surface area contributed by atoms with Crippen molar-refractivity contribution in [2.75, 3.05) is 18.5 Å². The molecular weight excluding hydrogens is 245 g/mol. The van der Waals surface area contributed by atoms with Crippen molar-refractivity contribution in [3.8, 4) is 0 Å². The van der Waals surface area contributed by atoms with Crippen LogP contribution in [-0.2, 0) is 5.88 Å². The molecule has 0 amide bonds. The number of hydrogen-bond acceptors (Lipinski definition) is 3. The third-order valence-electron chi connectivity index (χ3n) is 2.46. The molecule has 1 heterocycles. The predicted molar refractivity (Wildman–Crippen MR) is 69.4 cm³/mol. The molecule has 90 valence electrons. The van der Waals surface area contributed by atoms with Gasteiger partial charge >= 0.3 is 0 Å². The monoisotopic (exact) mass is 261 g/mol. The smallest absolute Gasteiger partial charge is 0.138 e. The van der Waals surface area contributed by atoms with Crippen molar-refractivity contribution in [2.24, 2.45) is 0 Å². The summed E-state index contributed by atoms with van der Waals surface area (Å²) >= 11 is 11.8. The minimum atomic E-state index is 0.340. The Labute approximate surface area is 107 Å². The zero-order valence-electron chi connectivity index (χ0n) is 9.71. The molecule has 0 aliphatic carbocycles. The maximum absolute atomic E-state index is 5.97. The van der Waals surface area contributed by atoms with Crippen LogP contribution >= 0.6 is 23.2 Å². The van der Waals surface area contributed by atoms with Gasteiger partial charge in [-0.1, -0.05) is 31.4 Å². The molecule has 0 fully saturated rings. The molecule has 0 aliphatic heterocycles. The molecule has 0 radical (unpaired) electrons. The summed E-state index contributed by atoms with van der Waals surface area (Å²) in [4.78, 5) is 10.3. The van der Waals surface area contributed by atoms with E-state index in [9.17, 15) is 0 Å². The summed E-state index contributed by atoms with van der Waals surface area (Å²) < 4.78 is 0. The maximum atomic E-state index is 5.97. The van der Waals surface area contributed by atoms with E-state index in [0.29, 0.717) is 11.0 Å². The Bertz CT molecular complexity index is 331. The lowest BCUT2D eigenvalue weighted by atomic mass is 10.2. The molecule has 0 saturated heterocycles. The normalized spacial score (nSPS) is 10.5. The van der Waals surface area contributed by atoms with Gasteiger partial charge in [0.15, 0.2) is 0 Å². The maximum Gasteiger partial charge on any atom is 0.138 e. The summed E-state index contributed by atoms with van der Waals surface area (Å²) in [6, 6.07) is 0. The Kier molecular flexibility index (Phi) is 5.85. The molecule has 0 aromatic carbocycles. The second-order valence-corrected chi connectivity index (χ2v) is 4.35. The van der Waals surface area contributed by atoms with Crippen molar-refractivity contribution < 1.29 is 0 Å². The third kappa shape index (κ3) is 3.49. The molecule has 0 aliphatic rings. The van der Waals surface area contributed by atoms with Crippen molar-refractivity contribution in [3.05, 3.63) is 17.0 Å². The predicted octanol–water partition coefficient (Wildman–Crippen LogP) is 3.50. The summed E-state index contributed by atoms with van der Waals surface area (Å²) in [6.07, 6.45) is 5.06. The van der Waals surface area contributed by atoms with Crippen LogP contribution in [0.4, 0.5) is 5.82 Å². The highest BCUT2D eigenvalue weighted by Gasteiger charge is 2.12. The van der Waals surface area contributed by atoms with Crippen molar-refractivity contribution in [2.45, 2.75) is 32.1 Å². The number of rotatable bonds is 6. The molecule has 0 N–H and O–H groups in total. The fraction of sp³-hybridized carbons (Fsp3) is 0.636. The standard InChI is InChI=1S/C11H17Cl2N3/c1-3-4-5-6-16(2)11-9(7-12)10(13)14-8-15-11/h8H,3-7H2,1-2H3. The van der Waals surface area contributed by atoms with Gasteiger partial charge in [-0.2, -0.15) is 0 Å². The second kappa shape index (κ2) is 6.92. The van der Waals surface area contributed by atoms with Crippen LogP contribution in [0.15, 0.2) is 6.33 Å². The van der Waals surface area contributed by atoms with E-state index in [1.54, 1.807) is 0 Å². The fourth-order valence-electron chi connectivity index (χ4n) is 1.53. The average Bonchev–Trinajstić information content (AvgIpc) is 2.29. The highest BCUT2D eigenvalue weighted by Crippen LogP contribution is 2.24. The summed E-state index contributed by atoms with van der Waals surface area (Å²) in [6.45, 7) is 3.15. The molecule has 0 spiro atoms. The number of nitrogens with zero attached hydrogens (tertiary/aromatic N) is 3. The van der Waals surface area contributed by atoms with E-state index >= 15 is 0 Å². The van der Waals surface area contributed by atoms with Crippen molar-refractivity contribution in [1.82, 2.24) is 9.97 Å². The Morgan fingerprint density at radius 1 is 1.31 bits per heavy atom. The zero-order chi connectivity index (χ0) is 12.0. The lowest BCUT2D eigenvalue weighted by Gasteiger charge is -2.20. The largest absolute Gasteiger partial charge is 0.359 e. The lowest BCUT2D eigenvalue weighted by molar-refractivity contribution is 0.699. The number of halogens is 2. The van der Waals surface area contributed by atoms with Crippen molar-refractivity contribution in [1.29, 1.82) is 0 Å². The van der Waals surface area contributed by atoms with Crippen LogP contribution in [0.5, 0.6) is 0 Å². The van der Waals surface area contributed by atoms with Gasteiger partial charge < -0.3 is 4.90 Å². The molecule has 0 bridgehead atoms. The van der Waals surface area contributed by atoms with E-state index in [2.05, 4.69) is 21.8 Å². The van der Waals surface area contributed by atoms with Gasteiger partial charge in [0, 0.05) is 19.2 Å². The third-order valence-corrected chi connectivity index (χ3v) is 3.06. The highest BCUT2D eigenvalue weighted by molar-refractivity contribution is 6.31.